The van der Waals surface area contributed by atoms with E-state index in [0.717, 1.165) is 11.3 Å². The highest BCUT2D eigenvalue weighted by molar-refractivity contribution is 7.13. The molecule has 0 fully saturated rings. The molecule has 0 aliphatic carbocycles. The van der Waals surface area contributed by atoms with Gasteiger partial charge in [-0.25, -0.2) is 0 Å². The summed E-state index contributed by atoms with van der Waals surface area (Å²) in [5, 5.41) is 10.6. The van der Waals surface area contributed by atoms with Crippen LogP contribution in [-0.2, 0) is 11.2 Å². The Labute approximate surface area is 102 Å². The van der Waals surface area contributed by atoms with Gasteiger partial charge in [0.1, 0.15) is 11.3 Å². The highest BCUT2D eigenvalue weighted by Gasteiger charge is 2.06. The minimum absolute atomic E-state index is 0.116. The Hall–Kier alpha value is -1.95. The van der Waals surface area contributed by atoms with Crippen LogP contribution in [0.25, 0.3) is 0 Å². The minimum Gasteiger partial charge on any atom is -0.497 e. The molecule has 1 aromatic heterocycles. The number of nitrogens with zero attached hydrogens (tertiary/aromatic N) is 2. The van der Waals surface area contributed by atoms with E-state index in [9.17, 15) is 4.79 Å². The summed E-state index contributed by atoms with van der Waals surface area (Å²) in [6, 6.07) is 7.40. The van der Waals surface area contributed by atoms with Gasteiger partial charge < -0.3 is 10.1 Å². The molecule has 6 heteroatoms. The second-order valence-corrected chi connectivity index (χ2v) is 4.15. The van der Waals surface area contributed by atoms with E-state index >= 15 is 0 Å². The summed E-state index contributed by atoms with van der Waals surface area (Å²) < 4.78 is 5.09. The molecule has 0 unspecified atom stereocenters. The van der Waals surface area contributed by atoms with Crippen LogP contribution in [0.4, 0.5) is 5.13 Å². The normalized spacial score (nSPS) is 9.94. The summed E-state index contributed by atoms with van der Waals surface area (Å²) >= 11 is 1.29. The third-order valence-corrected chi connectivity index (χ3v) is 2.71. The molecule has 0 aliphatic heterocycles. The fourth-order valence-corrected chi connectivity index (χ4v) is 1.82. The fourth-order valence-electron chi connectivity index (χ4n) is 1.36. The van der Waals surface area contributed by atoms with Gasteiger partial charge in [-0.3, -0.25) is 4.79 Å². The number of nitrogens with one attached hydrogen (secondary N) is 1. The molecule has 17 heavy (non-hydrogen) atoms. The maximum atomic E-state index is 11.7. The van der Waals surface area contributed by atoms with Crippen molar-refractivity contribution in [2.75, 3.05) is 12.4 Å². The van der Waals surface area contributed by atoms with Crippen LogP contribution in [0.3, 0.4) is 0 Å². The Bertz CT molecular complexity index is 499. The van der Waals surface area contributed by atoms with Crippen molar-refractivity contribution in [2.45, 2.75) is 6.42 Å². The molecule has 0 saturated carbocycles. The summed E-state index contributed by atoms with van der Waals surface area (Å²) in [5.74, 6) is 0.626. The van der Waals surface area contributed by atoms with Crippen molar-refractivity contribution in [3.05, 3.63) is 35.3 Å². The molecule has 0 spiro atoms. The second-order valence-electron chi connectivity index (χ2n) is 3.32. The van der Waals surface area contributed by atoms with Crippen molar-refractivity contribution >= 4 is 22.4 Å². The van der Waals surface area contributed by atoms with Crippen LogP contribution >= 0.6 is 11.3 Å². The molecule has 1 heterocycles. The molecule has 1 N–H and O–H groups in total. The largest absolute Gasteiger partial charge is 0.497 e. The van der Waals surface area contributed by atoms with Crippen LogP contribution in [0, 0.1) is 0 Å². The zero-order valence-electron chi connectivity index (χ0n) is 9.21. The standard InChI is InChI=1S/C11H11N3O2S/c1-16-9-4-2-3-8(5-9)6-10(15)13-11-14-12-7-17-11/h2-5,7H,6H2,1H3,(H,13,14,15). The molecule has 1 aromatic carbocycles. The van der Waals surface area contributed by atoms with Crippen LogP contribution in [0.15, 0.2) is 29.8 Å². The number of anilines is 1. The zero-order chi connectivity index (χ0) is 12.1. The maximum Gasteiger partial charge on any atom is 0.230 e. The minimum atomic E-state index is -0.116. The Morgan fingerprint density at radius 3 is 3.12 bits per heavy atom. The maximum absolute atomic E-state index is 11.7. The monoisotopic (exact) mass is 249 g/mol. The average Bonchev–Trinajstić information content (AvgIpc) is 2.82. The average molecular weight is 249 g/mol. The number of aromatic nitrogens is 2. The van der Waals surface area contributed by atoms with Gasteiger partial charge in [-0.2, -0.15) is 0 Å². The first-order valence-corrected chi connectivity index (χ1v) is 5.85. The molecular formula is C11H11N3O2S. The topological polar surface area (TPSA) is 64.1 Å². The van der Waals surface area contributed by atoms with Gasteiger partial charge in [-0.15, -0.1) is 10.2 Å². The van der Waals surface area contributed by atoms with Crippen LogP contribution in [0.1, 0.15) is 5.56 Å². The Kier molecular flexibility index (Phi) is 3.66. The summed E-state index contributed by atoms with van der Waals surface area (Å²) in [5.41, 5.74) is 2.47. The Balaban J connectivity index is 1.98. The molecule has 0 atom stereocenters. The van der Waals surface area contributed by atoms with Crippen molar-refractivity contribution in [3.8, 4) is 5.75 Å². The van der Waals surface area contributed by atoms with Crippen LogP contribution in [0.5, 0.6) is 5.75 Å². The lowest BCUT2D eigenvalue weighted by molar-refractivity contribution is -0.115. The zero-order valence-corrected chi connectivity index (χ0v) is 10.0. The van der Waals surface area contributed by atoms with E-state index in [0.29, 0.717) is 5.13 Å². The van der Waals surface area contributed by atoms with Crippen LogP contribution in [-0.4, -0.2) is 23.2 Å². The number of carbonyl (C=O) groups is 1. The first-order chi connectivity index (χ1) is 8.28. The van der Waals surface area contributed by atoms with E-state index in [1.165, 1.54) is 11.3 Å². The van der Waals surface area contributed by atoms with Crippen molar-refractivity contribution in [1.82, 2.24) is 10.2 Å². The second kappa shape index (κ2) is 5.40. The summed E-state index contributed by atoms with van der Waals surface area (Å²) in [6.07, 6.45) is 0.288. The number of rotatable bonds is 4. The fraction of sp³-hybridized carbons (Fsp3) is 0.182. The first-order valence-electron chi connectivity index (χ1n) is 4.97. The van der Waals surface area contributed by atoms with Crippen molar-refractivity contribution in [2.24, 2.45) is 0 Å². The lowest BCUT2D eigenvalue weighted by Gasteiger charge is -2.04. The number of ether oxygens (including phenoxy) is 1. The Morgan fingerprint density at radius 1 is 1.53 bits per heavy atom. The van der Waals surface area contributed by atoms with Gasteiger partial charge >= 0.3 is 0 Å². The van der Waals surface area contributed by atoms with E-state index < -0.39 is 0 Å². The number of amides is 1. The molecule has 2 rings (SSSR count). The predicted octanol–water partition coefficient (Wildman–Crippen LogP) is 1.73. The highest BCUT2D eigenvalue weighted by atomic mass is 32.1. The Morgan fingerprint density at radius 2 is 2.41 bits per heavy atom. The smallest absolute Gasteiger partial charge is 0.230 e. The van der Waals surface area contributed by atoms with Gasteiger partial charge in [-0.05, 0) is 17.7 Å². The van der Waals surface area contributed by atoms with E-state index in [1.807, 2.05) is 24.3 Å². The molecule has 0 saturated heterocycles. The first kappa shape index (κ1) is 11.5. The van der Waals surface area contributed by atoms with Crippen LogP contribution < -0.4 is 10.1 Å². The number of methoxy groups -OCH3 is 1. The molecule has 2 aromatic rings. The lowest BCUT2D eigenvalue weighted by atomic mass is 10.1. The van der Waals surface area contributed by atoms with Gasteiger partial charge in [0.15, 0.2) is 0 Å². The summed E-state index contributed by atoms with van der Waals surface area (Å²) in [7, 11) is 1.60. The molecule has 0 bridgehead atoms. The van der Waals surface area contributed by atoms with Gasteiger partial charge in [0.05, 0.1) is 13.5 Å². The lowest BCUT2D eigenvalue weighted by Crippen LogP contribution is -2.14. The number of hydrogen-bond donors (Lipinski definition) is 1. The third-order valence-electron chi connectivity index (χ3n) is 2.11. The SMILES string of the molecule is COc1cccc(CC(=O)Nc2nncs2)c1. The molecule has 1 amide bonds. The summed E-state index contributed by atoms with van der Waals surface area (Å²) in [6.45, 7) is 0. The number of carbonyl (C=O) groups excluding carboxylic acids is 1. The number of benzene rings is 1. The molecule has 0 aliphatic rings. The number of hydrogen-bond acceptors (Lipinski definition) is 5. The van der Waals surface area contributed by atoms with Gasteiger partial charge in [0.2, 0.25) is 11.0 Å². The van der Waals surface area contributed by atoms with E-state index in [2.05, 4.69) is 15.5 Å². The van der Waals surface area contributed by atoms with Gasteiger partial charge in [0.25, 0.3) is 0 Å². The van der Waals surface area contributed by atoms with Gasteiger partial charge in [-0.1, -0.05) is 23.5 Å². The van der Waals surface area contributed by atoms with Crippen molar-refractivity contribution in [1.29, 1.82) is 0 Å². The highest BCUT2D eigenvalue weighted by Crippen LogP contribution is 2.14. The van der Waals surface area contributed by atoms with Gasteiger partial charge in [0, 0.05) is 0 Å². The van der Waals surface area contributed by atoms with Crippen LogP contribution in [0.2, 0.25) is 0 Å². The predicted molar refractivity (Wildman–Crippen MR) is 65.2 cm³/mol. The third kappa shape index (κ3) is 3.25. The van der Waals surface area contributed by atoms with E-state index in [1.54, 1.807) is 12.6 Å². The van der Waals surface area contributed by atoms with E-state index in [-0.39, 0.29) is 12.3 Å². The van der Waals surface area contributed by atoms with E-state index in [4.69, 9.17) is 4.74 Å². The molecular weight excluding hydrogens is 238 g/mol. The van der Waals surface area contributed by atoms with Crippen molar-refractivity contribution in [3.63, 3.8) is 0 Å². The quantitative estimate of drug-likeness (QED) is 0.896. The molecule has 88 valence electrons. The molecule has 0 radical (unpaired) electrons. The summed E-state index contributed by atoms with van der Waals surface area (Å²) in [4.78, 5) is 11.7. The van der Waals surface area contributed by atoms with Crippen molar-refractivity contribution < 1.29 is 9.53 Å². The molecule has 5 nitrogen and oxygen atoms in total.